The van der Waals surface area contributed by atoms with Crippen molar-refractivity contribution in [1.82, 2.24) is 4.90 Å². The Balaban J connectivity index is 1.89. The summed E-state index contributed by atoms with van der Waals surface area (Å²) in [6, 6.07) is 9.08. The van der Waals surface area contributed by atoms with E-state index in [0.717, 1.165) is 12.3 Å². The number of carbonyl (C=O) groups is 1. The molecule has 2 heterocycles. The first-order valence-corrected chi connectivity index (χ1v) is 8.76. The Labute approximate surface area is 135 Å². The summed E-state index contributed by atoms with van der Waals surface area (Å²) < 4.78 is 0. The molecule has 1 amide bonds. The zero-order chi connectivity index (χ0) is 14.1. The number of amides is 1. The van der Waals surface area contributed by atoms with E-state index in [1.807, 2.05) is 16.3 Å². The molecule has 1 aromatic carbocycles. The Morgan fingerprint density at radius 1 is 1.30 bits per heavy atom. The van der Waals surface area contributed by atoms with Gasteiger partial charge in [0.05, 0.1) is 10.6 Å². The first kappa shape index (κ1) is 14.3. The van der Waals surface area contributed by atoms with Crippen LogP contribution in [0.15, 0.2) is 35.7 Å². The SMILES string of the molecule is O=C(c1ccc(Cl)cc1Cl)N1CCS[C@H]1c1cccs1. The van der Waals surface area contributed by atoms with Gasteiger partial charge in [0.25, 0.3) is 5.91 Å². The van der Waals surface area contributed by atoms with Crippen LogP contribution in [0.1, 0.15) is 20.6 Å². The van der Waals surface area contributed by atoms with Gasteiger partial charge >= 0.3 is 0 Å². The summed E-state index contributed by atoms with van der Waals surface area (Å²) in [7, 11) is 0. The molecule has 0 saturated carbocycles. The zero-order valence-corrected chi connectivity index (χ0v) is 13.5. The van der Waals surface area contributed by atoms with Gasteiger partial charge in [-0.05, 0) is 29.6 Å². The van der Waals surface area contributed by atoms with E-state index in [4.69, 9.17) is 23.2 Å². The Hall–Kier alpha value is -0.680. The summed E-state index contributed by atoms with van der Waals surface area (Å²) in [6.45, 7) is 0.741. The average Bonchev–Trinajstić information content (AvgIpc) is 3.09. The van der Waals surface area contributed by atoms with E-state index in [-0.39, 0.29) is 11.3 Å². The van der Waals surface area contributed by atoms with Crippen LogP contribution in [0.25, 0.3) is 0 Å². The van der Waals surface area contributed by atoms with Gasteiger partial charge in [-0.15, -0.1) is 23.1 Å². The van der Waals surface area contributed by atoms with Crippen LogP contribution in [0.2, 0.25) is 10.0 Å². The van der Waals surface area contributed by atoms with Crippen molar-refractivity contribution in [1.29, 1.82) is 0 Å². The van der Waals surface area contributed by atoms with Crippen LogP contribution in [0.4, 0.5) is 0 Å². The van der Waals surface area contributed by atoms with Crippen LogP contribution >= 0.6 is 46.3 Å². The van der Waals surface area contributed by atoms with Gasteiger partial charge in [0, 0.05) is 22.2 Å². The monoisotopic (exact) mass is 343 g/mol. The summed E-state index contributed by atoms with van der Waals surface area (Å²) in [5, 5.41) is 3.07. The average molecular weight is 344 g/mol. The standard InChI is InChI=1S/C14H11Cl2NOS2/c15-9-3-4-10(11(16)8-9)13(18)17-5-7-20-14(17)12-2-1-6-19-12/h1-4,6,8,14H,5,7H2/t14-/m0/s1. The third-order valence-corrected chi connectivity index (χ3v) is 5.96. The lowest BCUT2D eigenvalue weighted by molar-refractivity contribution is 0.0762. The van der Waals surface area contributed by atoms with Gasteiger partial charge in [-0.3, -0.25) is 4.79 Å². The minimum absolute atomic E-state index is 0.0323. The van der Waals surface area contributed by atoms with E-state index in [0.29, 0.717) is 15.6 Å². The topological polar surface area (TPSA) is 20.3 Å². The molecule has 0 aliphatic carbocycles. The first-order chi connectivity index (χ1) is 9.66. The van der Waals surface area contributed by atoms with Gasteiger partial charge in [0.15, 0.2) is 0 Å². The Kier molecular flexibility index (Phi) is 4.26. The van der Waals surface area contributed by atoms with Crippen LogP contribution in [0, 0.1) is 0 Å². The second kappa shape index (κ2) is 5.98. The maximum atomic E-state index is 12.7. The molecule has 1 fully saturated rings. The molecule has 1 aliphatic heterocycles. The van der Waals surface area contributed by atoms with E-state index in [2.05, 4.69) is 6.07 Å². The predicted molar refractivity (Wildman–Crippen MR) is 87.0 cm³/mol. The molecular weight excluding hydrogens is 333 g/mol. The van der Waals surface area contributed by atoms with Crippen molar-refractivity contribution in [3.05, 3.63) is 56.2 Å². The Bertz CT molecular complexity index is 630. The molecule has 6 heteroatoms. The fourth-order valence-electron chi connectivity index (χ4n) is 2.16. The second-order valence-electron chi connectivity index (χ2n) is 4.36. The number of rotatable bonds is 2. The Morgan fingerprint density at radius 3 is 2.85 bits per heavy atom. The van der Waals surface area contributed by atoms with Crippen molar-refractivity contribution in [2.24, 2.45) is 0 Å². The molecular formula is C14H11Cl2NOS2. The van der Waals surface area contributed by atoms with Crippen molar-refractivity contribution in [2.45, 2.75) is 5.37 Å². The number of benzene rings is 1. The lowest BCUT2D eigenvalue weighted by Gasteiger charge is -2.23. The summed E-state index contributed by atoms with van der Waals surface area (Å²) in [5.41, 5.74) is 0.514. The molecule has 0 spiro atoms. The zero-order valence-electron chi connectivity index (χ0n) is 10.4. The maximum Gasteiger partial charge on any atom is 0.256 e. The van der Waals surface area contributed by atoms with E-state index >= 15 is 0 Å². The smallest absolute Gasteiger partial charge is 0.256 e. The molecule has 1 aromatic heterocycles. The van der Waals surface area contributed by atoms with Crippen molar-refractivity contribution >= 4 is 52.2 Å². The highest BCUT2D eigenvalue weighted by Crippen LogP contribution is 2.41. The minimum Gasteiger partial charge on any atom is -0.321 e. The van der Waals surface area contributed by atoms with Crippen molar-refractivity contribution in [3.8, 4) is 0 Å². The quantitative estimate of drug-likeness (QED) is 0.769. The summed E-state index contributed by atoms with van der Waals surface area (Å²) in [4.78, 5) is 15.8. The highest BCUT2D eigenvalue weighted by molar-refractivity contribution is 7.99. The van der Waals surface area contributed by atoms with Crippen LogP contribution in [0.3, 0.4) is 0 Å². The molecule has 0 unspecified atom stereocenters. The van der Waals surface area contributed by atoms with Crippen LogP contribution < -0.4 is 0 Å². The molecule has 0 radical (unpaired) electrons. The highest BCUT2D eigenvalue weighted by Gasteiger charge is 2.32. The molecule has 1 aliphatic rings. The second-order valence-corrected chi connectivity index (χ2v) is 7.37. The molecule has 1 atom stereocenters. The van der Waals surface area contributed by atoms with Gasteiger partial charge in [0.2, 0.25) is 0 Å². The fraction of sp³-hybridized carbons (Fsp3) is 0.214. The maximum absolute atomic E-state index is 12.7. The van der Waals surface area contributed by atoms with Gasteiger partial charge in [-0.25, -0.2) is 0 Å². The van der Waals surface area contributed by atoms with E-state index in [1.165, 1.54) is 4.88 Å². The predicted octanol–water partition coefficient (Wildman–Crippen LogP) is 4.94. The number of hydrogen-bond acceptors (Lipinski definition) is 3. The summed E-state index contributed by atoms with van der Waals surface area (Å²) in [6.07, 6.45) is 0. The summed E-state index contributed by atoms with van der Waals surface area (Å²) in [5.74, 6) is 0.912. The molecule has 2 nitrogen and oxygen atoms in total. The molecule has 104 valence electrons. The van der Waals surface area contributed by atoms with Crippen molar-refractivity contribution in [3.63, 3.8) is 0 Å². The number of carbonyl (C=O) groups excluding carboxylic acids is 1. The normalized spacial score (nSPS) is 18.5. The van der Waals surface area contributed by atoms with E-state index in [9.17, 15) is 4.79 Å². The molecule has 1 saturated heterocycles. The molecule has 2 aromatic rings. The van der Waals surface area contributed by atoms with Gasteiger partial charge in [0.1, 0.15) is 5.37 Å². The number of nitrogens with zero attached hydrogens (tertiary/aromatic N) is 1. The van der Waals surface area contributed by atoms with Crippen molar-refractivity contribution in [2.75, 3.05) is 12.3 Å². The number of thiophene rings is 1. The van der Waals surface area contributed by atoms with Crippen LogP contribution in [-0.2, 0) is 0 Å². The summed E-state index contributed by atoms with van der Waals surface area (Å²) >= 11 is 15.5. The molecule has 0 N–H and O–H groups in total. The van der Waals surface area contributed by atoms with Gasteiger partial charge in [-0.1, -0.05) is 29.3 Å². The van der Waals surface area contributed by atoms with E-state index in [1.54, 1.807) is 41.3 Å². The van der Waals surface area contributed by atoms with Crippen molar-refractivity contribution < 1.29 is 4.79 Å². The molecule has 0 bridgehead atoms. The molecule has 3 rings (SSSR count). The number of hydrogen-bond donors (Lipinski definition) is 0. The Morgan fingerprint density at radius 2 is 2.15 bits per heavy atom. The lowest BCUT2D eigenvalue weighted by Crippen LogP contribution is -2.30. The van der Waals surface area contributed by atoms with Gasteiger partial charge < -0.3 is 4.90 Å². The number of thioether (sulfide) groups is 1. The third kappa shape index (κ3) is 2.70. The minimum atomic E-state index is -0.0323. The van der Waals surface area contributed by atoms with Crippen LogP contribution in [-0.4, -0.2) is 23.1 Å². The van der Waals surface area contributed by atoms with Gasteiger partial charge in [-0.2, -0.15) is 0 Å². The number of halogens is 2. The highest BCUT2D eigenvalue weighted by atomic mass is 35.5. The van der Waals surface area contributed by atoms with E-state index < -0.39 is 0 Å². The lowest BCUT2D eigenvalue weighted by atomic mass is 10.2. The third-order valence-electron chi connectivity index (χ3n) is 3.10. The first-order valence-electron chi connectivity index (χ1n) is 6.08. The fourth-order valence-corrected chi connectivity index (χ4v) is 4.89. The largest absolute Gasteiger partial charge is 0.321 e. The molecule has 20 heavy (non-hydrogen) atoms. The van der Waals surface area contributed by atoms with Crippen LogP contribution in [0.5, 0.6) is 0 Å².